The minimum Gasteiger partial charge on any atom is -0.490 e. The van der Waals surface area contributed by atoms with Crippen molar-refractivity contribution in [3.05, 3.63) is 33.4 Å². The van der Waals surface area contributed by atoms with Crippen LogP contribution in [0.2, 0.25) is 0 Å². The molecule has 15 heavy (non-hydrogen) atoms. The molecule has 0 spiro atoms. The third kappa shape index (κ3) is 2.23. The molecule has 0 aromatic heterocycles. The smallest absolute Gasteiger partial charge is 0.311 e. The molecule has 1 aromatic carbocycles. The molecule has 0 aliphatic carbocycles. The molecule has 0 fully saturated rings. The molecule has 0 radical (unpaired) electrons. The zero-order valence-corrected chi connectivity index (χ0v) is 8.48. The Labute approximate surface area is 87.1 Å². The highest BCUT2D eigenvalue weighted by Gasteiger charge is 2.16. The van der Waals surface area contributed by atoms with E-state index in [2.05, 4.69) is 0 Å². The number of nitro groups is 1. The number of hydrogen-bond donors (Lipinski definition) is 0. The number of aryl methyl sites for hydroxylation is 1. The number of ether oxygens (including phenoxy) is 1. The van der Waals surface area contributed by atoms with Crippen molar-refractivity contribution in [2.75, 3.05) is 7.11 Å². The van der Waals surface area contributed by atoms with E-state index in [9.17, 15) is 10.1 Å². The first-order valence-corrected chi connectivity index (χ1v) is 4.29. The van der Waals surface area contributed by atoms with Crippen molar-refractivity contribution < 1.29 is 9.66 Å². The van der Waals surface area contributed by atoms with Crippen molar-refractivity contribution in [3.63, 3.8) is 0 Å². The Balaban J connectivity index is 3.30. The Bertz CT molecular complexity index is 435. The number of benzene rings is 1. The van der Waals surface area contributed by atoms with E-state index in [-0.39, 0.29) is 17.9 Å². The SMILES string of the molecule is COc1cc(CC#N)c(C)cc1[N+](=O)[O-]. The van der Waals surface area contributed by atoms with Gasteiger partial charge in [-0.2, -0.15) is 5.26 Å². The summed E-state index contributed by atoms with van der Waals surface area (Å²) < 4.78 is 4.90. The van der Waals surface area contributed by atoms with Crippen LogP contribution < -0.4 is 4.74 Å². The molecule has 1 aromatic rings. The van der Waals surface area contributed by atoms with Crippen molar-refractivity contribution in [1.82, 2.24) is 0 Å². The monoisotopic (exact) mass is 206 g/mol. The number of nitrogens with zero attached hydrogens (tertiary/aromatic N) is 2. The van der Waals surface area contributed by atoms with E-state index in [0.29, 0.717) is 0 Å². The fraction of sp³-hybridized carbons (Fsp3) is 0.300. The molecular weight excluding hydrogens is 196 g/mol. The second-order valence-corrected chi connectivity index (χ2v) is 3.04. The predicted molar refractivity (Wildman–Crippen MR) is 53.7 cm³/mol. The van der Waals surface area contributed by atoms with Crippen LogP contribution >= 0.6 is 0 Å². The zero-order valence-electron chi connectivity index (χ0n) is 8.48. The van der Waals surface area contributed by atoms with Crippen molar-refractivity contribution in [2.45, 2.75) is 13.3 Å². The van der Waals surface area contributed by atoms with Crippen LogP contribution in [0.5, 0.6) is 5.75 Å². The number of hydrogen-bond acceptors (Lipinski definition) is 4. The normalized spacial score (nSPS) is 9.40. The molecule has 5 nitrogen and oxygen atoms in total. The van der Waals surface area contributed by atoms with Crippen LogP contribution in [0.1, 0.15) is 11.1 Å². The molecule has 0 bridgehead atoms. The van der Waals surface area contributed by atoms with E-state index in [0.717, 1.165) is 11.1 Å². The molecule has 0 atom stereocenters. The summed E-state index contributed by atoms with van der Waals surface area (Å²) in [4.78, 5) is 10.2. The molecule has 0 saturated carbocycles. The standard InChI is InChI=1S/C10H10N2O3/c1-7-5-9(12(13)14)10(15-2)6-8(7)3-4-11/h5-6H,3H2,1-2H3. The summed E-state index contributed by atoms with van der Waals surface area (Å²) in [6.07, 6.45) is 0.222. The van der Waals surface area contributed by atoms with Crippen LogP contribution in [0.15, 0.2) is 12.1 Å². The summed E-state index contributed by atoms with van der Waals surface area (Å²) in [6.45, 7) is 1.74. The van der Waals surface area contributed by atoms with E-state index >= 15 is 0 Å². The summed E-state index contributed by atoms with van der Waals surface area (Å²) >= 11 is 0. The molecule has 0 unspecified atom stereocenters. The Morgan fingerprint density at radius 2 is 2.27 bits per heavy atom. The molecule has 0 saturated heterocycles. The topological polar surface area (TPSA) is 76.2 Å². The molecule has 0 heterocycles. The first-order chi connectivity index (χ1) is 7.10. The van der Waals surface area contributed by atoms with Gasteiger partial charge in [-0.25, -0.2) is 0 Å². The third-order valence-corrected chi connectivity index (χ3v) is 2.10. The highest BCUT2D eigenvalue weighted by molar-refractivity contribution is 5.52. The van der Waals surface area contributed by atoms with Gasteiger partial charge in [-0.15, -0.1) is 0 Å². The van der Waals surface area contributed by atoms with Gasteiger partial charge in [0.2, 0.25) is 0 Å². The van der Waals surface area contributed by atoms with Crippen molar-refractivity contribution in [2.24, 2.45) is 0 Å². The van der Waals surface area contributed by atoms with E-state index < -0.39 is 4.92 Å². The molecule has 5 heteroatoms. The highest BCUT2D eigenvalue weighted by Crippen LogP contribution is 2.30. The molecule has 0 aliphatic rings. The maximum atomic E-state index is 10.7. The Morgan fingerprint density at radius 1 is 1.60 bits per heavy atom. The van der Waals surface area contributed by atoms with Crippen LogP contribution in [-0.4, -0.2) is 12.0 Å². The Hall–Kier alpha value is -2.09. The Morgan fingerprint density at radius 3 is 2.73 bits per heavy atom. The first-order valence-electron chi connectivity index (χ1n) is 4.29. The van der Waals surface area contributed by atoms with E-state index in [1.54, 1.807) is 6.92 Å². The van der Waals surface area contributed by atoms with Crippen LogP contribution in [-0.2, 0) is 6.42 Å². The van der Waals surface area contributed by atoms with Crippen LogP contribution in [0.25, 0.3) is 0 Å². The maximum Gasteiger partial charge on any atom is 0.311 e. The summed E-state index contributed by atoms with van der Waals surface area (Å²) in [5.74, 6) is 0.191. The lowest BCUT2D eigenvalue weighted by molar-refractivity contribution is -0.385. The zero-order chi connectivity index (χ0) is 11.4. The molecular formula is C10H10N2O3. The van der Waals surface area contributed by atoms with Gasteiger partial charge in [0, 0.05) is 6.07 Å². The van der Waals surface area contributed by atoms with Crippen LogP contribution in [0.3, 0.4) is 0 Å². The molecule has 0 N–H and O–H groups in total. The fourth-order valence-corrected chi connectivity index (χ4v) is 1.30. The predicted octanol–water partition coefficient (Wildman–Crippen LogP) is 1.98. The molecule has 78 valence electrons. The van der Waals surface area contributed by atoms with E-state index in [4.69, 9.17) is 10.00 Å². The van der Waals surface area contributed by atoms with E-state index in [1.165, 1.54) is 19.2 Å². The summed E-state index contributed by atoms with van der Waals surface area (Å²) in [5, 5.41) is 19.2. The van der Waals surface area contributed by atoms with Gasteiger partial charge < -0.3 is 4.74 Å². The minimum absolute atomic E-state index is 0.0725. The first kappa shape index (κ1) is 11.0. The van der Waals surface area contributed by atoms with Crippen molar-refractivity contribution >= 4 is 5.69 Å². The van der Waals surface area contributed by atoms with E-state index in [1.807, 2.05) is 6.07 Å². The molecule has 0 aliphatic heterocycles. The van der Waals surface area contributed by atoms with Crippen molar-refractivity contribution in [3.8, 4) is 11.8 Å². The average Bonchev–Trinajstić information content (AvgIpc) is 2.20. The van der Waals surface area contributed by atoms with Gasteiger partial charge in [-0.05, 0) is 24.1 Å². The lowest BCUT2D eigenvalue weighted by atomic mass is 10.0. The van der Waals surface area contributed by atoms with Crippen LogP contribution in [0, 0.1) is 28.4 Å². The Kier molecular flexibility index (Phi) is 3.24. The van der Waals surface area contributed by atoms with Gasteiger partial charge >= 0.3 is 5.69 Å². The van der Waals surface area contributed by atoms with Gasteiger partial charge in [-0.1, -0.05) is 0 Å². The second-order valence-electron chi connectivity index (χ2n) is 3.04. The second kappa shape index (κ2) is 4.42. The van der Waals surface area contributed by atoms with Crippen LogP contribution in [0.4, 0.5) is 5.69 Å². The lowest BCUT2D eigenvalue weighted by Crippen LogP contribution is -1.97. The minimum atomic E-state index is -0.498. The summed E-state index contributed by atoms with van der Waals surface area (Å²) in [6, 6.07) is 4.96. The summed E-state index contributed by atoms with van der Waals surface area (Å²) in [7, 11) is 1.37. The quantitative estimate of drug-likeness (QED) is 0.559. The fourth-order valence-electron chi connectivity index (χ4n) is 1.30. The summed E-state index contributed by atoms with van der Waals surface area (Å²) in [5.41, 5.74) is 1.40. The maximum absolute atomic E-state index is 10.7. The number of rotatable bonds is 3. The number of nitriles is 1. The highest BCUT2D eigenvalue weighted by atomic mass is 16.6. The lowest BCUT2D eigenvalue weighted by Gasteiger charge is -2.06. The van der Waals surface area contributed by atoms with Gasteiger partial charge in [0.1, 0.15) is 0 Å². The number of nitro benzene ring substituents is 1. The molecule has 1 rings (SSSR count). The van der Waals surface area contributed by atoms with Gasteiger partial charge in [0.05, 0.1) is 24.5 Å². The van der Waals surface area contributed by atoms with Crippen molar-refractivity contribution in [1.29, 1.82) is 5.26 Å². The van der Waals surface area contributed by atoms with Gasteiger partial charge in [-0.3, -0.25) is 10.1 Å². The average molecular weight is 206 g/mol. The van der Waals surface area contributed by atoms with Gasteiger partial charge in [0.15, 0.2) is 5.75 Å². The molecule has 0 amide bonds. The van der Waals surface area contributed by atoms with Gasteiger partial charge in [0.25, 0.3) is 0 Å². The third-order valence-electron chi connectivity index (χ3n) is 2.10. The largest absolute Gasteiger partial charge is 0.490 e. The number of methoxy groups -OCH3 is 1.